The molecule has 1 N–H and O–H groups in total. The molecule has 2 rings (SSSR count). The molecule has 0 heterocycles. The van der Waals surface area contributed by atoms with Gasteiger partial charge in [-0.2, -0.15) is 0 Å². The molecule has 0 radical (unpaired) electrons. The Hall–Kier alpha value is -1.96. The number of hydrogen-bond donors (Lipinski definition) is 1. The molecule has 0 saturated heterocycles. The zero-order valence-electron chi connectivity index (χ0n) is 10.4. The van der Waals surface area contributed by atoms with Crippen molar-refractivity contribution in [1.29, 1.82) is 0 Å². The average Bonchev–Trinajstić information content (AvgIpc) is 2.38. The minimum absolute atomic E-state index is 0.859. The van der Waals surface area contributed by atoms with Crippen LogP contribution in [0, 0.1) is 0 Å². The maximum absolute atomic E-state index is 3.40. The Balaban J connectivity index is 1.96. The number of nitrogens with one attached hydrogen (secondary N) is 1. The third-order valence-electron chi connectivity index (χ3n) is 2.72. The Morgan fingerprint density at radius 3 is 2.12 bits per heavy atom. The smallest absolute Gasteiger partial charge is 0.0400 e. The summed E-state index contributed by atoms with van der Waals surface area (Å²) in [6.45, 7) is 0.859. The molecule has 0 fully saturated rings. The lowest BCUT2D eigenvalue weighted by Gasteiger charge is -2.13. The van der Waals surface area contributed by atoms with E-state index in [0.29, 0.717) is 0 Å². The number of rotatable bonds is 4. The summed E-state index contributed by atoms with van der Waals surface area (Å²) in [6.07, 6.45) is 0. The summed E-state index contributed by atoms with van der Waals surface area (Å²) in [4.78, 5) is 2.11. The van der Waals surface area contributed by atoms with Crippen LogP contribution in [0.25, 0.3) is 0 Å². The van der Waals surface area contributed by atoms with Crippen LogP contribution in [0.5, 0.6) is 0 Å². The Morgan fingerprint density at radius 2 is 1.53 bits per heavy atom. The Morgan fingerprint density at radius 1 is 0.882 bits per heavy atom. The third-order valence-corrected chi connectivity index (χ3v) is 2.72. The molecule has 17 heavy (non-hydrogen) atoms. The molecule has 0 aromatic heterocycles. The number of hydrogen-bond acceptors (Lipinski definition) is 2. The van der Waals surface area contributed by atoms with Crippen LogP contribution in [0.3, 0.4) is 0 Å². The van der Waals surface area contributed by atoms with Crippen molar-refractivity contribution in [1.82, 2.24) is 0 Å². The molecule has 2 aromatic carbocycles. The van der Waals surface area contributed by atoms with E-state index in [0.717, 1.165) is 12.2 Å². The number of anilines is 2. The molecule has 2 heteroatoms. The first-order chi connectivity index (χ1) is 8.25. The Labute approximate surface area is 103 Å². The van der Waals surface area contributed by atoms with Gasteiger partial charge in [0.1, 0.15) is 0 Å². The van der Waals surface area contributed by atoms with E-state index in [4.69, 9.17) is 0 Å². The van der Waals surface area contributed by atoms with Crippen molar-refractivity contribution >= 4 is 11.4 Å². The summed E-state index contributed by atoms with van der Waals surface area (Å²) < 4.78 is 0. The standard InChI is InChI=1S/C15H18N2/c1-17(2)15-10-8-13(9-11-15)12-16-14-6-4-3-5-7-14/h3-11,16H,12H2,1-2H3. The van der Waals surface area contributed by atoms with E-state index in [1.807, 2.05) is 18.2 Å². The van der Waals surface area contributed by atoms with Crippen LogP contribution in [-0.2, 0) is 6.54 Å². The van der Waals surface area contributed by atoms with Crippen molar-refractivity contribution in [2.45, 2.75) is 6.54 Å². The Kier molecular flexibility index (Phi) is 3.66. The normalized spacial score (nSPS) is 10.0. The molecule has 0 aliphatic carbocycles. The van der Waals surface area contributed by atoms with Gasteiger partial charge < -0.3 is 10.2 Å². The van der Waals surface area contributed by atoms with E-state index in [2.05, 4.69) is 60.7 Å². The molecule has 0 spiro atoms. The molecule has 0 aliphatic rings. The fourth-order valence-corrected chi connectivity index (χ4v) is 1.67. The predicted octanol–water partition coefficient (Wildman–Crippen LogP) is 3.36. The molecule has 2 aromatic rings. The average molecular weight is 226 g/mol. The first kappa shape index (κ1) is 11.5. The van der Waals surface area contributed by atoms with E-state index >= 15 is 0 Å². The van der Waals surface area contributed by atoms with Crippen LogP contribution >= 0.6 is 0 Å². The summed E-state index contributed by atoms with van der Waals surface area (Å²) in [7, 11) is 4.11. The van der Waals surface area contributed by atoms with Crippen molar-refractivity contribution in [2.75, 3.05) is 24.3 Å². The van der Waals surface area contributed by atoms with Gasteiger partial charge >= 0.3 is 0 Å². The number of para-hydroxylation sites is 1. The topological polar surface area (TPSA) is 15.3 Å². The fraction of sp³-hybridized carbons (Fsp3) is 0.200. The third kappa shape index (κ3) is 3.25. The van der Waals surface area contributed by atoms with Gasteiger partial charge in [-0.05, 0) is 29.8 Å². The molecule has 0 amide bonds. The van der Waals surface area contributed by atoms with Gasteiger partial charge in [0.15, 0.2) is 0 Å². The maximum Gasteiger partial charge on any atom is 0.0400 e. The summed E-state index contributed by atoms with van der Waals surface area (Å²) in [5.74, 6) is 0. The van der Waals surface area contributed by atoms with E-state index in [-0.39, 0.29) is 0 Å². The van der Waals surface area contributed by atoms with Gasteiger partial charge in [-0.15, -0.1) is 0 Å². The van der Waals surface area contributed by atoms with E-state index in [1.165, 1.54) is 11.3 Å². The number of benzene rings is 2. The van der Waals surface area contributed by atoms with Crippen molar-refractivity contribution < 1.29 is 0 Å². The molecular weight excluding hydrogens is 208 g/mol. The summed E-state index contributed by atoms with van der Waals surface area (Å²) >= 11 is 0. The van der Waals surface area contributed by atoms with E-state index in [9.17, 15) is 0 Å². The van der Waals surface area contributed by atoms with Crippen LogP contribution < -0.4 is 10.2 Å². The van der Waals surface area contributed by atoms with Gasteiger partial charge in [-0.25, -0.2) is 0 Å². The first-order valence-electron chi connectivity index (χ1n) is 5.81. The molecule has 0 bridgehead atoms. The van der Waals surface area contributed by atoms with Crippen molar-refractivity contribution in [3.63, 3.8) is 0 Å². The maximum atomic E-state index is 3.40. The van der Waals surface area contributed by atoms with Gasteiger partial charge in [0.25, 0.3) is 0 Å². The monoisotopic (exact) mass is 226 g/mol. The highest BCUT2D eigenvalue weighted by molar-refractivity contribution is 5.47. The quantitative estimate of drug-likeness (QED) is 0.860. The van der Waals surface area contributed by atoms with E-state index in [1.54, 1.807) is 0 Å². The summed E-state index contributed by atoms with van der Waals surface area (Å²) in [6, 6.07) is 18.9. The molecule has 88 valence electrons. The molecule has 0 saturated carbocycles. The highest BCUT2D eigenvalue weighted by atomic mass is 15.1. The lowest BCUT2D eigenvalue weighted by Crippen LogP contribution is -2.08. The zero-order valence-corrected chi connectivity index (χ0v) is 10.4. The summed E-state index contributed by atoms with van der Waals surface area (Å²) in [5.41, 5.74) is 3.68. The Bertz CT molecular complexity index is 446. The van der Waals surface area contributed by atoms with Gasteiger partial charge in [-0.1, -0.05) is 30.3 Å². The molecule has 0 unspecified atom stereocenters. The van der Waals surface area contributed by atoms with Crippen LogP contribution in [-0.4, -0.2) is 14.1 Å². The molecule has 0 atom stereocenters. The zero-order chi connectivity index (χ0) is 12.1. The van der Waals surface area contributed by atoms with Crippen molar-refractivity contribution in [3.05, 3.63) is 60.2 Å². The van der Waals surface area contributed by atoms with Gasteiger partial charge in [0.2, 0.25) is 0 Å². The SMILES string of the molecule is CN(C)c1ccc(CNc2ccccc2)cc1. The van der Waals surface area contributed by atoms with Crippen LogP contribution in [0.2, 0.25) is 0 Å². The van der Waals surface area contributed by atoms with Crippen LogP contribution in [0.1, 0.15) is 5.56 Å². The fourth-order valence-electron chi connectivity index (χ4n) is 1.67. The minimum atomic E-state index is 0.859. The van der Waals surface area contributed by atoms with Gasteiger partial charge in [0.05, 0.1) is 0 Å². The highest BCUT2D eigenvalue weighted by Gasteiger charge is 1.96. The van der Waals surface area contributed by atoms with Crippen molar-refractivity contribution in [3.8, 4) is 0 Å². The van der Waals surface area contributed by atoms with Crippen LogP contribution in [0.4, 0.5) is 11.4 Å². The van der Waals surface area contributed by atoms with Crippen molar-refractivity contribution in [2.24, 2.45) is 0 Å². The highest BCUT2D eigenvalue weighted by Crippen LogP contribution is 2.13. The first-order valence-corrected chi connectivity index (χ1v) is 5.81. The van der Waals surface area contributed by atoms with Gasteiger partial charge in [0, 0.05) is 32.0 Å². The lowest BCUT2D eigenvalue weighted by molar-refractivity contribution is 1.11. The predicted molar refractivity (Wildman–Crippen MR) is 74.5 cm³/mol. The second-order valence-electron chi connectivity index (χ2n) is 4.28. The molecular formula is C15H18N2. The minimum Gasteiger partial charge on any atom is -0.381 e. The summed E-state index contributed by atoms with van der Waals surface area (Å²) in [5, 5.41) is 3.40. The molecule has 2 nitrogen and oxygen atoms in total. The van der Waals surface area contributed by atoms with Crippen LogP contribution in [0.15, 0.2) is 54.6 Å². The second-order valence-corrected chi connectivity index (χ2v) is 4.28. The number of nitrogens with zero attached hydrogens (tertiary/aromatic N) is 1. The van der Waals surface area contributed by atoms with E-state index < -0.39 is 0 Å². The second kappa shape index (κ2) is 5.39. The lowest BCUT2D eigenvalue weighted by atomic mass is 10.2. The van der Waals surface area contributed by atoms with Gasteiger partial charge in [-0.3, -0.25) is 0 Å². The largest absolute Gasteiger partial charge is 0.381 e. The molecule has 0 aliphatic heterocycles.